The van der Waals surface area contributed by atoms with E-state index in [4.69, 9.17) is 0 Å². The molecule has 0 aromatic heterocycles. The number of nitrogens with one attached hydrogen (secondary N) is 1. The van der Waals surface area contributed by atoms with E-state index < -0.39 is 0 Å². The fraction of sp³-hybridized carbons (Fsp3) is 1.00. The molecule has 1 rings (SSSR count). The van der Waals surface area contributed by atoms with Gasteiger partial charge in [0.05, 0.1) is 0 Å². The van der Waals surface area contributed by atoms with Gasteiger partial charge in [0.25, 0.3) is 0 Å². The van der Waals surface area contributed by atoms with Crippen LogP contribution in [0.15, 0.2) is 0 Å². The maximum absolute atomic E-state index is 3.77. The third-order valence-electron chi connectivity index (χ3n) is 6.37. The summed E-state index contributed by atoms with van der Waals surface area (Å²) in [6.07, 6.45) is 12.8. The SMILES string of the molecule is CCCCCCCCCCC(NCC)C1C(C)(C)C1(C)C. The Morgan fingerprint density at radius 2 is 1.24 bits per heavy atom. The maximum Gasteiger partial charge on any atom is 0.0106 e. The van der Waals surface area contributed by atoms with Crippen LogP contribution in [0, 0.1) is 16.7 Å². The lowest BCUT2D eigenvalue weighted by Crippen LogP contribution is -2.33. The van der Waals surface area contributed by atoms with E-state index in [2.05, 4.69) is 46.9 Å². The summed E-state index contributed by atoms with van der Waals surface area (Å²) >= 11 is 0. The van der Waals surface area contributed by atoms with Gasteiger partial charge in [-0.3, -0.25) is 0 Å². The Labute approximate surface area is 134 Å². The first-order chi connectivity index (χ1) is 9.89. The fourth-order valence-electron chi connectivity index (χ4n) is 4.40. The van der Waals surface area contributed by atoms with E-state index in [9.17, 15) is 0 Å². The van der Waals surface area contributed by atoms with Crippen LogP contribution in [0.3, 0.4) is 0 Å². The smallest absolute Gasteiger partial charge is 0.0106 e. The Bertz CT molecular complexity index is 266. The predicted octanol–water partition coefficient (Wildman–Crippen LogP) is 6.18. The Kier molecular flexibility index (Phi) is 7.74. The van der Waals surface area contributed by atoms with Gasteiger partial charge in [-0.05, 0) is 29.7 Å². The molecule has 0 heterocycles. The fourth-order valence-corrected chi connectivity index (χ4v) is 4.40. The minimum Gasteiger partial charge on any atom is -0.314 e. The molecule has 1 saturated carbocycles. The molecule has 0 aliphatic heterocycles. The first-order valence-corrected chi connectivity index (χ1v) is 9.63. The first kappa shape index (κ1) is 19.0. The molecular weight excluding hydrogens is 254 g/mol. The molecule has 21 heavy (non-hydrogen) atoms. The summed E-state index contributed by atoms with van der Waals surface area (Å²) in [5.74, 6) is 0.856. The minimum atomic E-state index is 0.514. The second-order valence-corrected chi connectivity index (χ2v) is 8.35. The van der Waals surface area contributed by atoms with Crippen LogP contribution in [0.1, 0.15) is 99.3 Å². The molecule has 1 aliphatic rings. The van der Waals surface area contributed by atoms with Gasteiger partial charge in [-0.2, -0.15) is 0 Å². The molecule has 0 aromatic carbocycles. The van der Waals surface area contributed by atoms with Gasteiger partial charge in [-0.15, -0.1) is 0 Å². The summed E-state index contributed by atoms with van der Waals surface area (Å²) in [6.45, 7) is 15.5. The van der Waals surface area contributed by atoms with Gasteiger partial charge in [0, 0.05) is 6.04 Å². The van der Waals surface area contributed by atoms with E-state index in [-0.39, 0.29) is 0 Å². The molecular formula is C20H41N. The lowest BCUT2D eigenvalue weighted by molar-refractivity contribution is 0.370. The van der Waals surface area contributed by atoms with Gasteiger partial charge in [0.15, 0.2) is 0 Å². The first-order valence-electron chi connectivity index (χ1n) is 9.63. The van der Waals surface area contributed by atoms with Crippen molar-refractivity contribution in [1.82, 2.24) is 5.32 Å². The van der Waals surface area contributed by atoms with E-state index in [1.165, 1.54) is 57.8 Å². The number of hydrogen-bond donors (Lipinski definition) is 1. The van der Waals surface area contributed by atoms with Crippen LogP contribution in [0.5, 0.6) is 0 Å². The van der Waals surface area contributed by atoms with Crippen molar-refractivity contribution >= 4 is 0 Å². The van der Waals surface area contributed by atoms with Crippen molar-refractivity contribution in [2.75, 3.05) is 6.54 Å². The van der Waals surface area contributed by atoms with Crippen LogP contribution in [0.25, 0.3) is 0 Å². The van der Waals surface area contributed by atoms with Crippen molar-refractivity contribution in [2.45, 2.75) is 105 Å². The van der Waals surface area contributed by atoms with Gasteiger partial charge in [0.1, 0.15) is 0 Å². The van der Waals surface area contributed by atoms with E-state index in [1.807, 2.05) is 0 Å². The second kappa shape index (κ2) is 8.56. The summed E-state index contributed by atoms with van der Waals surface area (Å²) in [5.41, 5.74) is 1.03. The van der Waals surface area contributed by atoms with E-state index >= 15 is 0 Å². The molecule has 1 fully saturated rings. The zero-order valence-electron chi connectivity index (χ0n) is 15.7. The largest absolute Gasteiger partial charge is 0.314 e. The molecule has 1 unspecified atom stereocenters. The Hall–Kier alpha value is -0.0400. The Balaban J connectivity index is 2.19. The number of hydrogen-bond acceptors (Lipinski definition) is 1. The monoisotopic (exact) mass is 295 g/mol. The van der Waals surface area contributed by atoms with Crippen molar-refractivity contribution in [2.24, 2.45) is 16.7 Å². The summed E-state index contributed by atoms with van der Waals surface area (Å²) in [4.78, 5) is 0. The Morgan fingerprint density at radius 1 is 0.762 bits per heavy atom. The van der Waals surface area contributed by atoms with Crippen LogP contribution in [0.4, 0.5) is 0 Å². The predicted molar refractivity (Wildman–Crippen MR) is 95.7 cm³/mol. The highest BCUT2D eigenvalue weighted by atomic mass is 15.0. The van der Waals surface area contributed by atoms with Crippen LogP contribution in [-0.4, -0.2) is 12.6 Å². The topological polar surface area (TPSA) is 12.0 Å². The lowest BCUT2D eigenvalue weighted by atomic mass is 9.97. The molecule has 126 valence electrons. The molecule has 0 radical (unpaired) electrons. The molecule has 1 atom stereocenters. The average Bonchev–Trinajstić information content (AvgIpc) is 2.82. The van der Waals surface area contributed by atoms with Gasteiger partial charge in [-0.1, -0.05) is 92.9 Å². The van der Waals surface area contributed by atoms with E-state index in [0.29, 0.717) is 10.8 Å². The second-order valence-electron chi connectivity index (χ2n) is 8.35. The van der Waals surface area contributed by atoms with E-state index in [1.54, 1.807) is 0 Å². The van der Waals surface area contributed by atoms with Gasteiger partial charge < -0.3 is 5.32 Å². The third kappa shape index (κ3) is 4.98. The highest BCUT2D eigenvalue weighted by molar-refractivity contribution is 5.16. The van der Waals surface area contributed by atoms with Gasteiger partial charge in [-0.25, -0.2) is 0 Å². The van der Waals surface area contributed by atoms with Crippen molar-refractivity contribution < 1.29 is 0 Å². The molecule has 0 aromatic rings. The molecule has 0 spiro atoms. The van der Waals surface area contributed by atoms with Crippen LogP contribution in [0.2, 0.25) is 0 Å². The maximum atomic E-state index is 3.77. The molecule has 1 aliphatic carbocycles. The average molecular weight is 296 g/mol. The molecule has 1 heteroatoms. The summed E-state index contributed by atoms with van der Waals surface area (Å²) in [7, 11) is 0. The number of rotatable bonds is 12. The van der Waals surface area contributed by atoms with Crippen LogP contribution >= 0.6 is 0 Å². The molecule has 0 bridgehead atoms. The Morgan fingerprint density at radius 3 is 1.67 bits per heavy atom. The zero-order valence-corrected chi connectivity index (χ0v) is 15.7. The van der Waals surface area contributed by atoms with Crippen LogP contribution < -0.4 is 5.32 Å². The standard InChI is InChI=1S/C20H41N/c1-7-9-10-11-12-13-14-15-16-17(21-8-2)18-19(3,4)20(18,5)6/h17-18,21H,7-16H2,1-6H3. The highest BCUT2D eigenvalue weighted by Gasteiger charge is 2.66. The summed E-state index contributed by atoms with van der Waals surface area (Å²) in [6, 6.07) is 0.736. The van der Waals surface area contributed by atoms with Gasteiger partial charge in [0.2, 0.25) is 0 Å². The molecule has 0 amide bonds. The zero-order chi connectivity index (χ0) is 15.9. The summed E-state index contributed by atoms with van der Waals surface area (Å²) < 4.78 is 0. The summed E-state index contributed by atoms with van der Waals surface area (Å²) in [5, 5.41) is 3.77. The van der Waals surface area contributed by atoms with Crippen molar-refractivity contribution in [3.05, 3.63) is 0 Å². The van der Waals surface area contributed by atoms with Crippen molar-refractivity contribution in [3.63, 3.8) is 0 Å². The lowest BCUT2D eigenvalue weighted by Gasteiger charge is -2.20. The minimum absolute atomic E-state index is 0.514. The molecule has 1 nitrogen and oxygen atoms in total. The van der Waals surface area contributed by atoms with Gasteiger partial charge >= 0.3 is 0 Å². The molecule has 0 saturated heterocycles. The highest BCUT2D eigenvalue weighted by Crippen LogP contribution is 2.70. The van der Waals surface area contributed by atoms with E-state index in [0.717, 1.165) is 18.5 Å². The molecule has 1 N–H and O–H groups in total. The van der Waals surface area contributed by atoms with Crippen LogP contribution in [-0.2, 0) is 0 Å². The quantitative estimate of drug-likeness (QED) is 0.424. The van der Waals surface area contributed by atoms with Crippen molar-refractivity contribution in [3.8, 4) is 0 Å². The third-order valence-corrected chi connectivity index (χ3v) is 6.37. The normalized spacial score (nSPS) is 21.4. The van der Waals surface area contributed by atoms with Crippen molar-refractivity contribution in [1.29, 1.82) is 0 Å². The number of unbranched alkanes of at least 4 members (excludes halogenated alkanes) is 7.